The van der Waals surface area contributed by atoms with Crippen molar-refractivity contribution < 1.29 is 22.3 Å². The van der Waals surface area contributed by atoms with Crippen LogP contribution in [-0.4, -0.2) is 50.8 Å². The molecule has 0 spiro atoms. The number of carbonyl (C=O) groups excluding carboxylic acids is 1. The zero-order valence-electron chi connectivity index (χ0n) is 15.6. The van der Waals surface area contributed by atoms with Crippen molar-refractivity contribution in [1.82, 2.24) is 9.21 Å². The molecular formula is C19H23FN2O4S. The highest BCUT2D eigenvalue weighted by molar-refractivity contribution is 7.89. The summed E-state index contributed by atoms with van der Waals surface area (Å²) in [6.07, 6.45) is 0. The second-order valence-corrected chi connectivity index (χ2v) is 8.05. The lowest BCUT2D eigenvalue weighted by atomic mass is 10.2. The number of likely N-dealkylation sites (N-methyl/N-ethyl adjacent to an activating group) is 2. The molecular weight excluding hydrogens is 371 g/mol. The van der Waals surface area contributed by atoms with Gasteiger partial charge in [0.05, 0.1) is 18.0 Å². The molecule has 0 heterocycles. The minimum atomic E-state index is -3.82. The number of ether oxygens (including phenoxy) is 1. The van der Waals surface area contributed by atoms with Gasteiger partial charge in [0.25, 0.3) is 0 Å². The van der Waals surface area contributed by atoms with Crippen molar-refractivity contribution >= 4 is 15.9 Å². The first kappa shape index (κ1) is 20.9. The number of nitrogens with zero attached hydrogens (tertiary/aromatic N) is 2. The van der Waals surface area contributed by atoms with Crippen LogP contribution in [0.2, 0.25) is 0 Å². The number of amides is 1. The fourth-order valence-corrected chi connectivity index (χ4v) is 3.54. The van der Waals surface area contributed by atoms with E-state index in [2.05, 4.69) is 0 Å². The molecule has 2 aromatic carbocycles. The van der Waals surface area contributed by atoms with Crippen LogP contribution in [-0.2, 0) is 21.4 Å². The van der Waals surface area contributed by atoms with Crippen LogP contribution in [0.25, 0.3) is 0 Å². The van der Waals surface area contributed by atoms with E-state index in [9.17, 15) is 17.6 Å². The Kier molecular flexibility index (Phi) is 6.92. The highest BCUT2D eigenvalue weighted by Gasteiger charge is 2.24. The maximum Gasteiger partial charge on any atom is 0.243 e. The zero-order chi connectivity index (χ0) is 20.0. The second kappa shape index (κ2) is 8.96. The van der Waals surface area contributed by atoms with Gasteiger partial charge in [-0.1, -0.05) is 18.2 Å². The first-order chi connectivity index (χ1) is 12.8. The summed E-state index contributed by atoms with van der Waals surface area (Å²) >= 11 is 0. The summed E-state index contributed by atoms with van der Waals surface area (Å²) in [5.41, 5.74) is 0.366. The van der Waals surface area contributed by atoms with E-state index in [1.165, 1.54) is 37.2 Å². The topological polar surface area (TPSA) is 66.9 Å². The Bertz CT molecular complexity index is 885. The first-order valence-corrected chi connectivity index (χ1v) is 9.86. The molecule has 1 amide bonds. The van der Waals surface area contributed by atoms with Gasteiger partial charge in [0, 0.05) is 26.2 Å². The van der Waals surface area contributed by atoms with Crippen LogP contribution in [0.5, 0.6) is 5.75 Å². The van der Waals surface area contributed by atoms with Crippen LogP contribution < -0.4 is 4.74 Å². The fraction of sp³-hybridized carbons (Fsp3) is 0.316. The minimum Gasteiger partial charge on any atom is -0.494 e. The Balaban J connectivity index is 2.04. The van der Waals surface area contributed by atoms with Crippen LogP contribution >= 0.6 is 0 Å². The lowest BCUT2D eigenvalue weighted by molar-refractivity contribution is -0.130. The van der Waals surface area contributed by atoms with E-state index >= 15 is 0 Å². The van der Waals surface area contributed by atoms with Gasteiger partial charge in [0.1, 0.15) is 11.6 Å². The van der Waals surface area contributed by atoms with E-state index in [1.807, 2.05) is 6.92 Å². The molecule has 6 nitrogen and oxygen atoms in total. The highest BCUT2D eigenvalue weighted by Crippen LogP contribution is 2.19. The number of hydrogen-bond donors (Lipinski definition) is 0. The largest absolute Gasteiger partial charge is 0.494 e. The van der Waals surface area contributed by atoms with Crippen molar-refractivity contribution in [1.29, 1.82) is 0 Å². The Morgan fingerprint density at radius 2 is 1.70 bits per heavy atom. The van der Waals surface area contributed by atoms with Gasteiger partial charge in [-0.05, 0) is 37.3 Å². The maximum atomic E-state index is 13.7. The van der Waals surface area contributed by atoms with Gasteiger partial charge in [-0.2, -0.15) is 4.31 Å². The van der Waals surface area contributed by atoms with E-state index in [0.717, 1.165) is 4.31 Å². The molecule has 0 fully saturated rings. The summed E-state index contributed by atoms with van der Waals surface area (Å²) in [6.45, 7) is 2.03. The monoisotopic (exact) mass is 394 g/mol. The molecule has 2 rings (SSSR count). The Hall–Kier alpha value is -2.45. The van der Waals surface area contributed by atoms with E-state index in [-0.39, 0.29) is 18.0 Å². The zero-order valence-corrected chi connectivity index (χ0v) is 16.4. The molecule has 0 unspecified atom stereocenters. The number of benzene rings is 2. The Morgan fingerprint density at radius 1 is 1.07 bits per heavy atom. The molecule has 0 bridgehead atoms. The van der Waals surface area contributed by atoms with Gasteiger partial charge in [-0.3, -0.25) is 4.79 Å². The molecule has 0 saturated carbocycles. The molecule has 0 aliphatic heterocycles. The van der Waals surface area contributed by atoms with Crippen LogP contribution in [0.4, 0.5) is 4.39 Å². The van der Waals surface area contributed by atoms with E-state index < -0.39 is 21.7 Å². The minimum absolute atomic E-state index is 0.0580. The van der Waals surface area contributed by atoms with Crippen LogP contribution in [0.1, 0.15) is 12.5 Å². The summed E-state index contributed by atoms with van der Waals surface area (Å²) in [4.78, 5) is 13.7. The molecule has 0 radical (unpaired) electrons. The average Bonchev–Trinajstić information content (AvgIpc) is 2.64. The summed E-state index contributed by atoms with van der Waals surface area (Å²) < 4.78 is 45.2. The van der Waals surface area contributed by atoms with Crippen LogP contribution in [0, 0.1) is 5.82 Å². The number of halogens is 1. The van der Waals surface area contributed by atoms with Gasteiger partial charge in [0.2, 0.25) is 15.9 Å². The Labute approximate surface area is 159 Å². The van der Waals surface area contributed by atoms with Crippen LogP contribution in [0.15, 0.2) is 53.4 Å². The molecule has 146 valence electrons. The predicted molar refractivity (Wildman–Crippen MR) is 100 cm³/mol. The molecule has 0 N–H and O–H groups in total. The molecule has 27 heavy (non-hydrogen) atoms. The van der Waals surface area contributed by atoms with E-state index in [4.69, 9.17) is 4.74 Å². The summed E-state index contributed by atoms with van der Waals surface area (Å²) in [6, 6.07) is 12.1. The number of rotatable bonds is 8. The van der Waals surface area contributed by atoms with Crippen molar-refractivity contribution in [2.75, 3.05) is 27.2 Å². The molecule has 0 aliphatic carbocycles. The summed E-state index contributed by atoms with van der Waals surface area (Å²) in [7, 11) is -0.984. The molecule has 0 aliphatic rings. The number of carbonyl (C=O) groups is 1. The lowest BCUT2D eigenvalue weighted by Gasteiger charge is -2.22. The van der Waals surface area contributed by atoms with Crippen molar-refractivity contribution in [3.63, 3.8) is 0 Å². The van der Waals surface area contributed by atoms with Crippen molar-refractivity contribution in [3.05, 3.63) is 59.9 Å². The molecule has 0 saturated heterocycles. The summed E-state index contributed by atoms with van der Waals surface area (Å²) in [5, 5.41) is 0. The SMILES string of the molecule is CCOc1ccc(S(=O)(=O)N(C)CC(=O)N(C)Cc2ccccc2F)cc1. The normalized spacial score (nSPS) is 11.4. The van der Waals surface area contributed by atoms with Gasteiger partial charge >= 0.3 is 0 Å². The first-order valence-electron chi connectivity index (χ1n) is 8.42. The second-order valence-electron chi connectivity index (χ2n) is 6.01. The van der Waals surface area contributed by atoms with Gasteiger partial charge in [-0.15, -0.1) is 0 Å². The standard InChI is InChI=1S/C19H23FN2O4S/c1-4-26-16-9-11-17(12-10-16)27(24,25)22(3)14-19(23)21(2)13-15-7-5-6-8-18(15)20/h5-12H,4,13-14H2,1-3H3. The average molecular weight is 394 g/mol. The van der Waals surface area contributed by atoms with Crippen molar-refractivity contribution in [2.45, 2.75) is 18.4 Å². The van der Waals surface area contributed by atoms with Gasteiger partial charge in [0.15, 0.2) is 0 Å². The smallest absolute Gasteiger partial charge is 0.243 e. The number of hydrogen-bond acceptors (Lipinski definition) is 4. The van der Waals surface area contributed by atoms with Crippen molar-refractivity contribution in [3.8, 4) is 5.75 Å². The third kappa shape index (κ3) is 5.27. The third-order valence-corrected chi connectivity index (χ3v) is 5.81. The Morgan fingerprint density at radius 3 is 2.30 bits per heavy atom. The van der Waals surface area contributed by atoms with E-state index in [1.54, 1.807) is 30.3 Å². The predicted octanol–water partition coefficient (Wildman–Crippen LogP) is 2.50. The van der Waals surface area contributed by atoms with Gasteiger partial charge in [-0.25, -0.2) is 12.8 Å². The van der Waals surface area contributed by atoms with Crippen LogP contribution in [0.3, 0.4) is 0 Å². The molecule has 8 heteroatoms. The van der Waals surface area contributed by atoms with E-state index in [0.29, 0.717) is 17.9 Å². The molecule has 0 aromatic heterocycles. The number of sulfonamides is 1. The maximum absolute atomic E-state index is 13.7. The third-order valence-electron chi connectivity index (χ3n) is 3.99. The molecule has 2 aromatic rings. The van der Waals surface area contributed by atoms with Gasteiger partial charge < -0.3 is 9.64 Å². The lowest BCUT2D eigenvalue weighted by Crippen LogP contribution is -2.39. The fourth-order valence-electron chi connectivity index (χ4n) is 2.42. The molecule has 0 atom stereocenters. The quantitative estimate of drug-likeness (QED) is 0.690. The van der Waals surface area contributed by atoms with Crippen molar-refractivity contribution in [2.24, 2.45) is 0 Å². The summed E-state index contributed by atoms with van der Waals surface area (Å²) in [5.74, 6) is -0.275. The highest BCUT2D eigenvalue weighted by atomic mass is 32.2.